The third-order valence-electron chi connectivity index (χ3n) is 3.73. The van der Waals surface area contributed by atoms with E-state index in [1.807, 2.05) is 24.3 Å². The van der Waals surface area contributed by atoms with E-state index in [2.05, 4.69) is 18.7 Å². The average Bonchev–Trinajstić information content (AvgIpc) is 3.29. The third-order valence-corrected chi connectivity index (χ3v) is 3.73. The second-order valence-corrected chi connectivity index (χ2v) is 6.36. The minimum absolute atomic E-state index is 0.318. The number of benzene rings is 1. The van der Waals surface area contributed by atoms with Gasteiger partial charge in [-0.3, -0.25) is 4.90 Å². The molecule has 1 aromatic rings. The zero-order valence-corrected chi connectivity index (χ0v) is 13.2. The molecule has 0 radical (unpaired) electrons. The molecule has 1 saturated carbocycles. The normalized spacial score (nSPS) is 16.5. The molecular formula is C17H28N2O2. The first-order valence-corrected chi connectivity index (χ1v) is 7.93. The van der Waals surface area contributed by atoms with Crippen LogP contribution in [0.2, 0.25) is 0 Å². The molecule has 1 aromatic carbocycles. The predicted octanol–water partition coefficient (Wildman–Crippen LogP) is 2.01. The van der Waals surface area contributed by atoms with E-state index in [0.717, 1.165) is 17.9 Å². The number of hydrogen-bond donors (Lipinski definition) is 2. The van der Waals surface area contributed by atoms with Crippen molar-refractivity contribution in [3.8, 4) is 5.75 Å². The SMILES string of the molecule is CC(C)CN(CC(O)COc1ccccc1CN)C1CC1. The Bertz CT molecular complexity index is 433. The van der Waals surface area contributed by atoms with Crippen molar-refractivity contribution >= 4 is 0 Å². The van der Waals surface area contributed by atoms with Gasteiger partial charge in [-0.2, -0.15) is 0 Å². The van der Waals surface area contributed by atoms with Crippen LogP contribution in [0.4, 0.5) is 0 Å². The number of aliphatic hydroxyl groups is 1. The predicted molar refractivity (Wildman–Crippen MR) is 85.3 cm³/mol. The van der Waals surface area contributed by atoms with Gasteiger partial charge in [0, 0.05) is 31.2 Å². The molecule has 1 fully saturated rings. The molecule has 3 N–H and O–H groups in total. The van der Waals surface area contributed by atoms with Crippen LogP contribution in [0.3, 0.4) is 0 Å². The molecule has 0 heterocycles. The maximum atomic E-state index is 10.2. The van der Waals surface area contributed by atoms with Gasteiger partial charge in [0.25, 0.3) is 0 Å². The van der Waals surface area contributed by atoms with Crippen molar-refractivity contribution in [2.45, 2.75) is 45.4 Å². The molecular weight excluding hydrogens is 264 g/mol. The Labute approximate surface area is 127 Å². The number of nitrogens with two attached hydrogens (primary N) is 1. The minimum Gasteiger partial charge on any atom is -0.491 e. The van der Waals surface area contributed by atoms with Crippen LogP contribution in [-0.4, -0.2) is 41.8 Å². The van der Waals surface area contributed by atoms with Crippen LogP contribution < -0.4 is 10.5 Å². The standard InChI is InChI=1S/C17H28N2O2/c1-13(2)10-19(15-7-8-15)11-16(20)12-21-17-6-4-3-5-14(17)9-18/h3-6,13,15-16,20H,7-12,18H2,1-2H3. The first kappa shape index (κ1) is 16.3. The summed E-state index contributed by atoms with van der Waals surface area (Å²) in [5.74, 6) is 1.40. The molecule has 0 amide bonds. The Hall–Kier alpha value is -1.10. The Morgan fingerprint density at radius 3 is 2.62 bits per heavy atom. The summed E-state index contributed by atoms with van der Waals surface area (Å²) >= 11 is 0. The lowest BCUT2D eigenvalue weighted by Gasteiger charge is -2.26. The van der Waals surface area contributed by atoms with E-state index in [1.54, 1.807) is 0 Å². The van der Waals surface area contributed by atoms with E-state index in [4.69, 9.17) is 10.5 Å². The highest BCUT2D eigenvalue weighted by Crippen LogP contribution is 2.27. The van der Waals surface area contributed by atoms with E-state index in [-0.39, 0.29) is 0 Å². The van der Waals surface area contributed by atoms with Crippen molar-refractivity contribution in [3.63, 3.8) is 0 Å². The molecule has 21 heavy (non-hydrogen) atoms. The maximum absolute atomic E-state index is 10.2. The molecule has 4 nitrogen and oxygen atoms in total. The monoisotopic (exact) mass is 292 g/mol. The van der Waals surface area contributed by atoms with Gasteiger partial charge in [-0.15, -0.1) is 0 Å². The molecule has 0 saturated heterocycles. The summed E-state index contributed by atoms with van der Waals surface area (Å²) in [4.78, 5) is 2.40. The van der Waals surface area contributed by atoms with Crippen LogP contribution in [-0.2, 0) is 6.54 Å². The van der Waals surface area contributed by atoms with Crippen molar-refractivity contribution < 1.29 is 9.84 Å². The fourth-order valence-electron chi connectivity index (χ4n) is 2.60. The number of ether oxygens (including phenoxy) is 1. The Kier molecular flexibility index (Phi) is 6.03. The lowest BCUT2D eigenvalue weighted by molar-refractivity contribution is 0.0610. The Balaban J connectivity index is 1.81. The number of aliphatic hydroxyl groups excluding tert-OH is 1. The van der Waals surface area contributed by atoms with Gasteiger partial charge < -0.3 is 15.6 Å². The van der Waals surface area contributed by atoms with Crippen LogP contribution in [0.15, 0.2) is 24.3 Å². The van der Waals surface area contributed by atoms with Gasteiger partial charge in [0.15, 0.2) is 0 Å². The smallest absolute Gasteiger partial charge is 0.123 e. The van der Waals surface area contributed by atoms with Crippen LogP contribution >= 0.6 is 0 Å². The van der Waals surface area contributed by atoms with Crippen LogP contribution in [0.25, 0.3) is 0 Å². The van der Waals surface area contributed by atoms with Gasteiger partial charge in [0.1, 0.15) is 18.5 Å². The van der Waals surface area contributed by atoms with Crippen molar-refractivity contribution in [1.29, 1.82) is 0 Å². The topological polar surface area (TPSA) is 58.7 Å². The Morgan fingerprint density at radius 1 is 1.29 bits per heavy atom. The molecule has 118 valence electrons. The molecule has 0 bridgehead atoms. The molecule has 0 spiro atoms. The van der Waals surface area contributed by atoms with E-state index >= 15 is 0 Å². The van der Waals surface area contributed by atoms with Gasteiger partial charge in [-0.05, 0) is 24.8 Å². The molecule has 0 aromatic heterocycles. The number of hydrogen-bond acceptors (Lipinski definition) is 4. The summed E-state index contributed by atoms with van der Waals surface area (Å²) in [5, 5.41) is 10.2. The fourth-order valence-corrected chi connectivity index (χ4v) is 2.60. The summed E-state index contributed by atoms with van der Waals surface area (Å²) in [6, 6.07) is 8.40. The van der Waals surface area contributed by atoms with Crippen molar-refractivity contribution in [1.82, 2.24) is 4.90 Å². The molecule has 4 heteroatoms. The second kappa shape index (κ2) is 7.78. The zero-order valence-electron chi connectivity index (χ0n) is 13.2. The van der Waals surface area contributed by atoms with E-state index < -0.39 is 6.10 Å². The van der Waals surface area contributed by atoms with Crippen LogP contribution in [0.5, 0.6) is 5.75 Å². The lowest BCUT2D eigenvalue weighted by atomic mass is 10.2. The highest BCUT2D eigenvalue weighted by atomic mass is 16.5. The maximum Gasteiger partial charge on any atom is 0.123 e. The average molecular weight is 292 g/mol. The highest BCUT2D eigenvalue weighted by Gasteiger charge is 2.30. The summed E-state index contributed by atoms with van der Waals surface area (Å²) in [6.07, 6.45) is 2.06. The Morgan fingerprint density at radius 2 is 2.00 bits per heavy atom. The number of rotatable bonds is 9. The molecule has 1 unspecified atom stereocenters. The van der Waals surface area contributed by atoms with E-state index in [1.165, 1.54) is 12.8 Å². The van der Waals surface area contributed by atoms with Crippen LogP contribution in [0.1, 0.15) is 32.3 Å². The van der Waals surface area contributed by atoms with Gasteiger partial charge >= 0.3 is 0 Å². The van der Waals surface area contributed by atoms with Crippen molar-refractivity contribution in [2.24, 2.45) is 11.7 Å². The van der Waals surface area contributed by atoms with Gasteiger partial charge in [-0.25, -0.2) is 0 Å². The highest BCUT2D eigenvalue weighted by molar-refractivity contribution is 5.32. The quantitative estimate of drug-likeness (QED) is 0.731. The first-order chi connectivity index (χ1) is 10.1. The third kappa shape index (κ3) is 5.30. The number of nitrogens with zero attached hydrogens (tertiary/aromatic N) is 1. The van der Waals surface area contributed by atoms with Crippen molar-refractivity contribution in [2.75, 3.05) is 19.7 Å². The van der Waals surface area contributed by atoms with Gasteiger partial charge in [0.05, 0.1) is 0 Å². The fraction of sp³-hybridized carbons (Fsp3) is 0.647. The molecule has 1 atom stereocenters. The summed E-state index contributed by atoms with van der Waals surface area (Å²) in [6.45, 7) is 6.94. The van der Waals surface area contributed by atoms with Crippen LogP contribution in [0, 0.1) is 5.92 Å². The molecule has 1 aliphatic carbocycles. The van der Waals surface area contributed by atoms with E-state index in [9.17, 15) is 5.11 Å². The molecule has 1 aliphatic rings. The summed E-state index contributed by atoms with van der Waals surface area (Å²) in [7, 11) is 0. The zero-order chi connectivity index (χ0) is 15.2. The van der Waals surface area contributed by atoms with Crippen molar-refractivity contribution in [3.05, 3.63) is 29.8 Å². The summed E-state index contributed by atoms with van der Waals surface area (Å²) < 4.78 is 5.74. The molecule has 2 rings (SSSR count). The first-order valence-electron chi connectivity index (χ1n) is 7.93. The largest absolute Gasteiger partial charge is 0.491 e. The summed E-state index contributed by atoms with van der Waals surface area (Å²) in [5.41, 5.74) is 6.67. The number of para-hydroxylation sites is 1. The molecule has 0 aliphatic heterocycles. The van der Waals surface area contributed by atoms with E-state index in [0.29, 0.717) is 31.7 Å². The van der Waals surface area contributed by atoms with Gasteiger partial charge in [0.2, 0.25) is 0 Å². The minimum atomic E-state index is -0.463. The van der Waals surface area contributed by atoms with Gasteiger partial charge in [-0.1, -0.05) is 32.0 Å². The lowest BCUT2D eigenvalue weighted by Crippen LogP contribution is -2.39. The second-order valence-electron chi connectivity index (χ2n) is 6.36.